The van der Waals surface area contributed by atoms with Crippen LogP contribution in [0.3, 0.4) is 0 Å². The maximum Gasteiger partial charge on any atom is 0.244 e. The molecule has 2 aromatic rings. The van der Waals surface area contributed by atoms with Gasteiger partial charge in [-0.1, -0.05) is 56.3 Å². The van der Waals surface area contributed by atoms with E-state index >= 15 is 0 Å². The number of carbonyl (C=O) groups excluding carboxylic acids is 2. The molecule has 0 aromatic heterocycles. The Kier molecular flexibility index (Phi) is 8.21. The van der Waals surface area contributed by atoms with Gasteiger partial charge < -0.3 is 10.2 Å². The monoisotopic (exact) mass is 445 g/mol. The third kappa shape index (κ3) is 6.55. The van der Waals surface area contributed by atoms with E-state index in [-0.39, 0.29) is 12.5 Å². The molecule has 2 aromatic carbocycles. The Labute approximate surface area is 185 Å². The molecule has 2 amide bonds. The normalized spacial score (nSPS) is 12.3. The number of benzene rings is 2. The molecule has 0 saturated carbocycles. The Morgan fingerprint density at radius 1 is 0.968 bits per heavy atom. The van der Waals surface area contributed by atoms with Gasteiger partial charge in [0.15, 0.2) is 0 Å². The van der Waals surface area contributed by atoms with Crippen molar-refractivity contribution in [3.8, 4) is 0 Å². The minimum Gasteiger partial charge on any atom is -0.357 e. The molecular weight excluding hydrogens is 414 g/mol. The molecule has 0 bridgehead atoms. The van der Waals surface area contributed by atoms with Gasteiger partial charge in [0.2, 0.25) is 21.8 Å². The summed E-state index contributed by atoms with van der Waals surface area (Å²) in [4.78, 5) is 26.9. The first-order valence-corrected chi connectivity index (χ1v) is 12.0. The summed E-state index contributed by atoms with van der Waals surface area (Å²) in [7, 11) is -2.22. The number of amides is 2. The number of hydrogen-bond acceptors (Lipinski definition) is 4. The minimum absolute atomic E-state index is 0.193. The second-order valence-corrected chi connectivity index (χ2v) is 9.72. The lowest BCUT2D eigenvalue weighted by atomic mass is 10.0. The lowest BCUT2D eigenvalue weighted by Gasteiger charge is -2.31. The fourth-order valence-corrected chi connectivity index (χ4v) is 4.06. The molecule has 0 spiro atoms. The highest BCUT2D eigenvalue weighted by Crippen LogP contribution is 2.22. The van der Waals surface area contributed by atoms with Crippen molar-refractivity contribution in [1.82, 2.24) is 10.2 Å². The third-order valence-electron chi connectivity index (χ3n) is 5.14. The number of carbonyl (C=O) groups is 2. The van der Waals surface area contributed by atoms with Crippen molar-refractivity contribution in [2.45, 2.75) is 39.3 Å². The van der Waals surface area contributed by atoms with Gasteiger partial charge >= 0.3 is 0 Å². The molecule has 0 radical (unpaired) electrons. The molecule has 7 nitrogen and oxygen atoms in total. The van der Waals surface area contributed by atoms with E-state index in [1.807, 2.05) is 42.5 Å². The summed E-state index contributed by atoms with van der Waals surface area (Å²) >= 11 is 0. The SMILES string of the molecule is CNC(=O)[C@@H](C)N(Cc1ccccc1)C(=O)CN(c1ccc(C(C)C)cc1)S(C)(=O)=O. The lowest BCUT2D eigenvalue weighted by molar-refractivity contribution is -0.139. The van der Waals surface area contributed by atoms with E-state index in [1.54, 1.807) is 19.1 Å². The Morgan fingerprint density at radius 3 is 2.03 bits per heavy atom. The first-order chi connectivity index (χ1) is 14.5. The van der Waals surface area contributed by atoms with Gasteiger partial charge in [0.05, 0.1) is 11.9 Å². The van der Waals surface area contributed by atoms with Crippen molar-refractivity contribution in [3.63, 3.8) is 0 Å². The number of rotatable bonds is 9. The Balaban J connectivity index is 2.35. The van der Waals surface area contributed by atoms with Crippen LogP contribution < -0.4 is 9.62 Å². The van der Waals surface area contributed by atoms with Gasteiger partial charge in [0, 0.05) is 13.6 Å². The quantitative estimate of drug-likeness (QED) is 0.643. The highest BCUT2D eigenvalue weighted by Gasteiger charge is 2.29. The molecule has 1 N–H and O–H groups in total. The average molecular weight is 446 g/mol. The van der Waals surface area contributed by atoms with Crippen molar-refractivity contribution in [3.05, 3.63) is 65.7 Å². The van der Waals surface area contributed by atoms with Crippen molar-refractivity contribution in [2.75, 3.05) is 24.2 Å². The summed E-state index contributed by atoms with van der Waals surface area (Å²) < 4.78 is 26.1. The summed E-state index contributed by atoms with van der Waals surface area (Å²) in [5.41, 5.74) is 2.33. The topological polar surface area (TPSA) is 86.8 Å². The predicted molar refractivity (Wildman–Crippen MR) is 123 cm³/mol. The van der Waals surface area contributed by atoms with Crippen LogP contribution in [0.1, 0.15) is 37.8 Å². The van der Waals surface area contributed by atoms with Crippen molar-refractivity contribution in [2.24, 2.45) is 0 Å². The van der Waals surface area contributed by atoms with Crippen LogP contribution in [0, 0.1) is 0 Å². The van der Waals surface area contributed by atoms with E-state index in [4.69, 9.17) is 0 Å². The van der Waals surface area contributed by atoms with Crippen LogP contribution in [0.5, 0.6) is 0 Å². The first kappa shape index (κ1) is 24.4. The van der Waals surface area contributed by atoms with Crippen molar-refractivity contribution in [1.29, 1.82) is 0 Å². The van der Waals surface area contributed by atoms with E-state index < -0.39 is 28.5 Å². The highest BCUT2D eigenvalue weighted by atomic mass is 32.2. The molecule has 1 atom stereocenters. The molecule has 2 rings (SSSR count). The molecule has 0 saturated heterocycles. The third-order valence-corrected chi connectivity index (χ3v) is 6.28. The van der Waals surface area contributed by atoms with E-state index in [1.165, 1.54) is 11.9 Å². The van der Waals surface area contributed by atoms with Crippen LogP contribution in [0.4, 0.5) is 5.69 Å². The van der Waals surface area contributed by atoms with Crippen LogP contribution in [-0.4, -0.2) is 51.0 Å². The second kappa shape index (κ2) is 10.4. The van der Waals surface area contributed by atoms with Crippen LogP contribution in [-0.2, 0) is 26.2 Å². The number of nitrogens with one attached hydrogen (secondary N) is 1. The van der Waals surface area contributed by atoms with Crippen LogP contribution in [0.15, 0.2) is 54.6 Å². The fraction of sp³-hybridized carbons (Fsp3) is 0.391. The van der Waals surface area contributed by atoms with Crippen molar-refractivity contribution < 1.29 is 18.0 Å². The van der Waals surface area contributed by atoms with Gasteiger partial charge in [0.1, 0.15) is 12.6 Å². The number of anilines is 1. The molecule has 0 aliphatic rings. The average Bonchev–Trinajstić information content (AvgIpc) is 2.74. The minimum atomic E-state index is -3.72. The predicted octanol–water partition coefficient (Wildman–Crippen LogP) is 2.74. The molecule has 8 heteroatoms. The van der Waals surface area contributed by atoms with E-state index in [0.717, 1.165) is 21.7 Å². The van der Waals surface area contributed by atoms with Crippen molar-refractivity contribution >= 4 is 27.5 Å². The molecule has 168 valence electrons. The molecule has 0 fully saturated rings. The largest absolute Gasteiger partial charge is 0.357 e. The summed E-state index contributed by atoms with van der Waals surface area (Å²) in [6.45, 7) is 5.52. The second-order valence-electron chi connectivity index (χ2n) is 7.81. The van der Waals surface area contributed by atoms with Crippen LogP contribution in [0.25, 0.3) is 0 Å². The molecule has 0 unspecified atom stereocenters. The Hall–Kier alpha value is -2.87. The molecule has 0 aliphatic carbocycles. The maximum atomic E-state index is 13.3. The molecular formula is C23H31N3O4S. The van der Waals surface area contributed by atoms with E-state index in [9.17, 15) is 18.0 Å². The lowest BCUT2D eigenvalue weighted by Crippen LogP contribution is -2.50. The van der Waals surface area contributed by atoms with Gasteiger partial charge in [-0.25, -0.2) is 8.42 Å². The summed E-state index contributed by atoms with van der Waals surface area (Å²) in [6.07, 6.45) is 1.07. The Bertz CT molecular complexity index is 989. The summed E-state index contributed by atoms with van der Waals surface area (Å²) in [5, 5.41) is 2.55. The number of hydrogen-bond donors (Lipinski definition) is 1. The summed E-state index contributed by atoms with van der Waals surface area (Å²) in [5.74, 6) is -0.480. The van der Waals surface area contributed by atoms with Gasteiger partial charge in [0.25, 0.3) is 0 Å². The van der Waals surface area contributed by atoms with Gasteiger partial charge in [-0.05, 0) is 36.1 Å². The standard InChI is InChI=1S/C23H31N3O4S/c1-17(2)20-11-13-21(14-12-20)26(31(5,29)30)16-22(27)25(18(3)23(28)24-4)15-19-9-7-6-8-10-19/h6-14,17-18H,15-16H2,1-5H3,(H,24,28)/t18-/m1/s1. The summed E-state index contributed by atoms with van der Waals surface area (Å²) in [6, 6.07) is 15.6. The van der Waals surface area contributed by atoms with Crippen LogP contribution in [0.2, 0.25) is 0 Å². The van der Waals surface area contributed by atoms with Gasteiger partial charge in [-0.3, -0.25) is 13.9 Å². The van der Waals surface area contributed by atoms with E-state index in [2.05, 4.69) is 19.2 Å². The molecule has 31 heavy (non-hydrogen) atoms. The number of sulfonamides is 1. The Morgan fingerprint density at radius 2 is 1.55 bits per heavy atom. The maximum absolute atomic E-state index is 13.3. The van der Waals surface area contributed by atoms with E-state index in [0.29, 0.717) is 11.6 Å². The zero-order valence-electron chi connectivity index (χ0n) is 18.7. The fourth-order valence-electron chi connectivity index (χ4n) is 3.21. The highest BCUT2D eigenvalue weighted by molar-refractivity contribution is 7.92. The first-order valence-electron chi connectivity index (χ1n) is 10.2. The zero-order valence-corrected chi connectivity index (χ0v) is 19.5. The smallest absolute Gasteiger partial charge is 0.244 e. The zero-order chi connectivity index (χ0) is 23.2. The van der Waals surface area contributed by atoms with Gasteiger partial charge in [-0.15, -0.1) is 0 Å². The molecule has 0 heterocycles. The molecule has 0 aliphatic heterocycles. The van der Waals surface area contributed by atoms with Crippen LogP contribution >= 0.6 is 0 Å². The van der Waals surface area contributed by atoms with Gasteiger partial charge in [-0.2, -0.15) is 0 Å². The number of likely N-dealkylation sites (N-methyl/N-ethyl adjacent to an activating group) is 1. The number of nitrogens with zero attached hydrogens (tertiary/aromatic N) is 2.